The van der Waals surface area contributed by atoms with Crippen molar-refractivity contribution < 1.29 is 4.21 Å². The summed E-state index contributed by atoms with van der Waals surface area (Å²) in [5.41, 5.74) is 0. The molecule has 0 radical (unpaired) electrons. The lowest BCUT2D eigenvalue weighted by Gasteiger charge is -1.97. The lowest BCUT2D eigenvalue weighted by atomic mass is 10.4. The van der Waals surface area contributed by atoms with Crippen LogP contribution in [0.25, 0.3) is 4.95 Å². The number of hydrogen-bond donors (Lipinski definition) is 0. The van der Waals surface area contributed by atoms with Crippen LogP contribution in [0, 0.1) is 6.57 Å². The number of halogens is 1. The predicted octanol–water partition coefficient (Wildman–Crippen LogP) is 2.74. The fourth-order valence-electron chi connectivity index (χ4n) is 0.812. The van der Waals surface area contributed by atoms with Gasteiger partial charge in [0.2, 0.25) is 0 Å². The fourth-order valence-corrected chi connectivity index (χ4v) is 1.97. The molecule has 0 amide bonds. The third kappa shape index (κ3) is 2.54. The van der Waals surface area contributed by atoms with Gasteiger partial charge in [-0.2, -0.15) is 6.57 Å². The van der Waals surface area contributed by atoms with Crippen LogP contribution in [0.1, 0.15) is 0 Å². The summed E-state index contributed by atoms with van der Waals surface area (Å²) in [7, 11) is -2.53. The monoisotopic (exact) mass is 258 g/mol. The Balaban J connectivity index is 3.27. The van der Waals surface area contributed by atoms with E-state index in [-0.39, 0.29) is 0 Å². The fraction of sp³-hybridized carbons (Fsp3) is 0.125. The zero-order valence-electron chi connectivity index (χ0n) is 6.90. The molecule has 1 unspecified atom stereocenters. The van der Waals surface area contributed by atoms with Crippen molar-refractivity contribution in [2.24, 2.45) is 4.47 Å². The Labute approximate surface area is 85.9 Å². The minimum Gasteiger partial charge on any atom is -0.238 e. The minimum absolute atomic E-state index is 0.576. The maximum atomic E-state index is 11.7. The summed E-state index contributed by atoms with van der Waals surface area (Å²) in [6, 6.07) is 6.94. The predicted molar refractivity (Wildman–Crippen MR) is 55.5 cm³/mol. The van der Waals surface area contributed by atoms with Gasteiger partial charge in [-0.25, -0.2) is 4.21 Å². The standard InChI is InChI=1S/C8H7BrN2OS/c1-10-11-13(2,12)8-5-3-7(9)4-6-8/h3-6H,2H3. The third-order valence-electron chi connectivity index (χ3n) is 1.45. The van der Waals surface area contributed by atoms with Gasteiger partial charge in [0.15, 0.2) is 0 Å². The molecule has 0 aliphatic rings. The van der Waals surface area contributed by atoms with E-state index in [0.717, 1.165) is 4.47 Å². The van der Waals surface area contributed by atoms with E-state index in [4.69, 9.17) is 6.57 Å². The number of hydrogen-bond acceptors (Lipinski definition) is 2. The first-order valence-corrected chi connectivity index (χ1v) is 6.11. The normalized spacial score (nSPS) is 14.2. The van der Waals surface area contributed by atoms with Crippen molar-refractivity contribution in [2.45, 2.75) is 4.90 Å². The molecule has 1 aromatic rings. The molecule has 1 aromatic carbocycles. The van der Waals surface area contributed by atoms with E-state index < -0.39 is 9.73 Å². The van der Waals surface area contributed by atoms with Crippen LogP contribution in [0.3, 0.4) is 0 Å². The average Bonchev–Trinajstić information content (AvgIpc) is 2.05. The Bertz CT molecular complexity index is 452. The molecule has 13 heavy (non-hydrogen) atoms. The highest BCUT2D eigenvalue weighted by Crippen LogP contribution is 2.16. The SMILES string of the molecule is [C-]#[N+]N=S(C)(=O)c1ccc(Br)cc1. The first-order chi connectivity index (χ1) is 6.06. The highest BCUT2D eigenvalue weighted by molar-refractivity contribution is 9.10. The van der Waals surface area contributed by atoms with Crippen LogP contribution in [-0.4, -0.2) is 10.5 Å². The second kappa shape index (κ2) is 3.90. The summed E-state index contributed by atoms with van der Waals surface area (Å²) >= 11 is 3.27. The van der Waals surface area contributed by atoms with Crippen LogP contribution in [0.5, 0.6) is 0 Å². The zero-order valence-corrected chi connectivity index (χ0v) is 9.30. The van der Waals surface area contributed by atoms with Crippen LogP contribution >= 0.6 is 15.9 Å². The van der Waals surface area contributed by atoms with Gasteiger partial charge in [-0.1, -0.05) is 15.9 Å². The molecule has 0 N–H and O–H groups in total. The third-order valence-corrected chi connectivity index (χ3v) is 3.52. The minimum atomic E-state index is -2.53. The van der Waals surface area contributed by atoms with E-state index >= 15 is 0 Å². The van der Waals surface area contributed by atoms with E-state index in [2.05, 4.69) is 25.4 Å². The molecule has 0 aromatic heterocycles. The van der Waals surface area contributed by atoms with E-state index in [9.17, 15) is 4.21 Å². The second-order valence-electron chi connectivity index (χ2n) is 2.44. The van der Waals surface area contributed by atoms with Gasteiger partial charge < -0.3 is 0 Å². The lowest BCUT2D eigenvalue weighted by molar-refractivity contribution is 0.680. The van der Waals surface area contributed by atoms with E-state index in [1.165, 1.54) is 6.26 Å². The second-order valence-corrected chi connectivity index (χ2v) is 5.59. The van der Waals surface area contributed by atoms with Crippen LogP contribution in [0.15, 0.2) is 38.1 Å². The largest absolute Gasteiger partial charge is 0.238 e. The van der Waals surface area contributed by atoms with Gasteiger partial charge in [0.25, 0.3) is 0 Å². The maximum absolute atomic E-state index is 11.7. The highest BCUT2D eigenvalue weighted by atomic mass is 79.9. The molecule has 1 rings (SSSR count). The van der Waals surface area contributed by atoms with Crippen LogP contribution in [-0.2, 0) is 9.73 Å². The molecule has 0 aliphatic carbocycles. The van der Waals surface area contributed by atoms with Crippen molar-refractivity contribution in [2.75, 3.05) is 6.26 Å². The van der Waals surface area contributed by atoms with Gasteiger partial charge in [-0.05, 0) is 24.3 Å². The first-order valence-electron chi connectivity index (χ1n) is 3.40. The molecule has 3 nitrogen and oxygen atoms in total. The van der Waals surface area contributed by atoms with E-state index in [1.54, 1.807) is 24.3 Å². The van der Waals surface area contributed by atoms with Crippen molar-refractivity contribution in [3.8, 4) is 0 Å². The van der Waals surface area contributed by atoms with Gasteiger partial charge in [-0.3, -0.25) is 0 Å². The number of rotatable bonds is 1. The quantitative estimate of drug-likeness (QED) is 0.564. The Hall–Kier alpha value is -0.860. The lowest BCUT2D eigenvalue weighted by Crippen LogP contribution is -1.95. The molecule has 0 fully saturated rings. The molecule has 0 heterocycles. The summed E-state index contributed by atoms with van der Waals surface area (Å²) in [5.74, 6) is 0. The summed E-state index contributed by atoms with van der Waals surface area (Å²) in [5, 5.41) is 0. The summed E-state index contributed by atoms with van der Waals surface area (Å²) in [4.78, 5) is 3.37. The molecule has 0 saturated carbocycles. The molecule has 1 atom stereocenters. The summed E-state index contributed by atoms with van der Waals surface area (Å²) in [6.45, 7) is 6.52. The molecule has 0 bridgehead atoms. The molecule has 0 spiro atoms. The molecular formula is C8H7BrN2OS. The maximum Gasteiger partial charge on any atom is 0.150 e. The Morgan fingerprint density at radius 1 is 1.46 bits per heavy atom. The molecular weight excluding hydrogens is 252 g/mol. The molecule has 68 valence electrons. The molecule has 0 aliphatic heterocycles. The summed E-state index contributed by atoms with van der Waals surface area (Å²) < 4.78 is 16.0. The number of nitrogens with zero attached hydrogens (tertiary/aromatic N) is 2. The average molecular weight is 259 g/mol. The highest BCUT2D eigenvalue weighted by Gasteiger charge is 2.07. The smallest absolute Gasteiger partial charge is 0.150 e. The van der Waals surface area contributed by atoms with E-state index in [0.29, 0.717) is 4.90 Å². The van der Waals surface area contributed by atoms with Crippen molar-refractivity contribution >= 4 is 25.7 Å². The number of benzene rings is 1. The van der Waals surface area contributed by atoms with Crippen LogP contribution in [0.2, 0.25) is 0 Å². The van der Waals surface area contributed by atoms with Crippen molar-refractivity contribution in [3.63, 3.8) is 0 Å². The van der Waals surface area contributed by atoms with Gasteiger partial charge >= 0.3 is 0 Å². The van der Waals surface area contributed by atoms with Crippen molar-refractivity contribution in [1.29, 1.82) is 0 Å². The van der Waals surface area contributed by atoms with Gasteiger partial charge in [-0.15, -0.1) is 4.95 Å². The van der Waals surface area contributed by atoms with Crippen LogP contribution in [0.4, 0.5) is 0 Å². The molecule has 5 heteroatoms. The van der Waals surface area contributed by atoms with Crippen molar-refractivity contribution in [3.05, 3.63) is 40.3 Å². The van der Waals surface area contributed by atoms with Gasteiger partial charge in [0.1, 0.15) is 14.2 Å². The van der Waals surface area contributed by atoms with Gasteiger partial charge in [0.05, 0.1) is 4.90 Å². The topological polar surface area (TPSA) is 33.8 Å². The Morgan fingerprint density at radius 3 is 2.46 bits per heavy atom. The molecule has 0 saturated heterocycles. The van der Waals surface area contributed by atoms with Crippen molar-refractivity contribution in [1.82, 2.24) is 0 Å². The van der Waals surface area contributed by atoms with Crippen LogP contribution < -0.4 is 0 Å². The van der Waals surface area contributed by atoms with E-state index in [1.807, 2.05) is 0 Å². The Morgan fingerprint density at radius 2 is 2.00 bits per heavy atom. The van der Waals surface area contributed by atoms with Gasteiger partial charge in [0, 0.05) is 10.7 Å². The Kier molecular flexibility index (Phi) is 3.07. The first kappa shape index (κ1) is 10.2. The zero-order chi connectivity index (χ0) is 9.90. The summed E-state index contributed by atoms with van der Waals surface area (Å²) in [6.07, 6.45) is 1.45.